The van der Waals surface area contributed by atoms with Crippen molar-refractivity contribution in [1.82, 2.24) is 19.9 Å². The number of aromatic nitrogens is 3. The molecule has 0 unspecified atom stereocenters. The number of nitrogens with one attached hydrogen (secondary N) is 1. The highest BCUT2D eigenvalue weighted by atomic mass is 19.1. The van der Waals surface area contributed by atoms with Crippen LogP contribution < -0.4 is 10.2 Å². The van der Waals surface area contributed by atoms with E-state index < -0.39 is 0 Å². The third-order valence-electron chi connectivity index (χ3n) is 7.11. The van der Waals surface area contributed by atoms with Crippen LogP contribution in [0.25, 0.3) is 22.2 Å². The number of fused-ring (bicyclic) bond motifs is 1. The Kier molecular flexibility index (Phi) is 7.41. The first kappa shape index (κ1) is 25.6. The summed E-state index contributed by atoms with van der Waals surface area (Å²) in [5, 5.41) is 2.88. The van der Waals surface area contributed by atoms with E-state index in [1.165, 1.54) is 17.7 Å². The van der Waals surface area contributed by atoms with Gasteiger partial charge in [-0.1, -0.05) is 36.4 Å². The molecule has 0 atom stereocenters. The van der Waals surface area contributed by atoms with Gasteiger partial charge >= 0.3 is 0 Å². The molecule has 6 rings (SSSR count). The van der Waals surface area contributed by atoms with E-state index in [1.54, 1.807) is 18.3 Å². The van der Waals surface area contributed by atoms with Gasteiger partial charge in [-0.15, -0.1) is 0 Å². The Balaban J connectivity index is 1.10. The maximum atomic E-state index is 13.4. The zero-order chi connectivity index (χ0) is 27.3. The lowest BCUT2D eigenvalue weighted by molar-refractivity contribution is -0.115. The van der Waals surface area contributed by atoms with E-state index in [4.69, 9.17) is 4.98 Å². The van der Waals surface area contributed by atoms with Crippen molar-refractivity contribution in [2.24, 2.45) is 0 Å². The Hall–Kier alpha value is -4.69. The van der Waals surface area contributed by atoms with Gasteiger partial charge in [0, 0.05) is 50.8 Å². The third-order valence-corrected chi connectivity index (χ3v) is 7.11. The van der Waals surface area contributed by atoms with Crippen molar-refractivity contribution in [1.29, 1.82) is 0 Å². The van der Waals surface area contributed by atoms with Crippen molar-refractivity contribution in [3.63, 3.8) is 0 Å². The van der Waals surface area contributed by atoms with Crippen molar-refractivity contribution in [3.8, 4) is 11.1 Å². The molecule has 8 heteroatoms. The van der Waals surface area contributed by atoms with Gasteiger partial charge in [0.05, 0.1) is 23.7 Å². The number of anilines is 2. The highest BCUT2D eigenvalue weighted by molar-refractivity contribution is 5.92. The molecule has 7 nitrogen and oxygen atoms in total. The van der Waals surface area contributed by atoms with Crippen LogP contribution in [-0.2, 0) is 17.8 Å². The Morgan fingerprint density at radius 1 is 0.825 bits per heavy atom. The molecular formula is C32H29FN6O. The van der Waals surface area contributed by atoms with Crippen LogP contribution in [0.2, 0.25) is 0 Å². The van der Waals surface area contributed by atoms with E-state index in [1.807, 2.05) is 54.9 Å². The molecule has 1 fully saturated rings. The van der Waals surface area contributed by atoms with Gasteiger partial charge in [0.15, 0.2) is 0 Å². The minimum Gasteiger partial charge on any atom is -0.353 e. The second-order valence-corrected chi connectivity index (χ2v) is 9.99. The lowest BCUT2D eigenvalue weighted by atomic mass is 10.0. The van der Waals surface area contributed by atoms with Crippen LogP contribution in [0, 0.1) is 5.82 Å². The molecule has 3 heterocycles. The van der Waals surface area contributed by atoms with E-state index in [9.17, 15) is 9.18 Å². The summed E-state index contributed by atoms with van der Waals surface area (Å²) in [5.74, 6) is 0.355. The number of piperazine rings is 1. The van der Waals surface area contributed by atoms with E-state index in [2.05, 4.69) is 37.2 Å². The monoisotopic (exact) mass is 532 g/mol. The summed E-state index contributed by atoms with van der Waals surface area (Å²) in [6.45, 7) is 4.61. The fourth-order valence-electron chi connectivity index (χ4n) is 5.00. The van der Waals surface area contributed by atoms with Gasteiger partial charge in [-0.25, -0.2) is 9.37 Å². The standard InChI is InChI=1S/C32H29FN6O/c33-27-5-1-3-23(17-27)18-32(40)36-28-9-6-25(7-10-28)26-8-11-29-30(19-26)37-31(21-35-29)39-15-13-38(14-16-39)22-24-4-2-12-34-20-24/h1-12,17,19-21H,13-16,18,22H2,(H,36,40). The average molecular weight is 533 g/mol. The highest BCUT2D eigenvalue weighted by Gasteiger charge is 2.19. The molecule has 1 saturated heterocycles. The number of hydrogen-bond acceptors (Lipinski definition) is 6. The van der Waals surface area contributed by atoms with Crippen molar-refractivity contribution in [3.05, 3.63) is 114 Å². The Morgan fingerprint density at radius 3 is 2.40 bits per heavy atom. The molecule has 0 aliphatic carbocycles. The Morgan fingerprint density at radius 2 is 1.62 bits per heavy atom. The molecule has 0 saturated carbocycles. The summed E-state index contributed by atoms with van der Waals surface area (Å²) in [6, 6.07) is 23.9. The van der Waals surface area contributed by atoms with E-state index in [-0.39, 0.29) is 18.1 Å². The number of carbonyl (C=O) groups excluding carboxylic acids is 1. The SMILES string of the molecule is O=C(Cc1cccc(F)c1)Nc1ccc(-c2ccc3ncc(N4CCN(Cc5cccnc5)CC4)nc3c2)cc1. The smallest absolute Gasteiger partial charge is 0.228 e. The molecule has 40 heavy (non-hydrogen) atoms. The number of amides is 1. The number of benzene rings is 3. The minimum absolute atomic E-state index is 0.116. The first-order valence-corrected chi connectivity index (χ1v) is 13.4. The van der Waals surface area contributed by atoms with Gasteiger partial charge in [0.25, 0.3) is 0 Å². The van der Waals surface area contributed by atoms with Gasteiger partial charge in [-0.2, -0.15) is 0 Å². The summed E-state index contributed by atoms with van der Waals surface area (Å²) in [6.07, 6.45) is 5.71. The molecule has 2 aromatic heterocycles. The summed E-state index contributed by atoms with van der Waals surface area (Å²) in [5.41, 5.74) is 6.30. The molecule has 200 valence electrons. The van der Waals surface area contributed by atoms with Crippen LogP contribution in [0.15, 0.2) is 97.5 Å². The molecular weight excluding hydrogens is 503 g/mol. The molecule has 1 N–H and O–H groups in total. The molecule has 1 aliphatic heterocycles. The van der Waals surface area contributed by atoms with Gasteiger partial charge in [-0.05, 0) is 64.7 Å². The lowest BCUT2D eigenvalue weighted by Gasteiger charge is -2.35. The number of pyridine rings is 1. The van der Waals surface area contributed by atoms with Gasteiger partial charge < -0.3 is 10.2 Å². The first-order chi connectivity index (χ1) is 19.6. The van der Waals surface area contributed by atoms with Crippen LogP contribution >= 0.6 is 0 Å². The quantitative estimate of drug-likeness (QED) is 0.305. The average Bonchev–Trinajstić information content (AvgIpc) is 2.98. The molecule has 3 aromatic carbocycles. The van der Waals surface area contributed by atoms with Crippen LogP contribution in [0.5, 0.6) is 0 Å². The van der Waals surface area contributed by atoms with Crippen LogP contribution in [0.3, 0.4) is 0 Å². The number of rotatable bonds is 7. The largest absolute Gasteiger partial charge is 0.353 e. The van der Waals surface area contributed by atoms with E-state index in [0.29, 0.717) is 11.3 Å². The lowest BCUT2D eigenvalue weighted by Crippen LogP contribution is -2.46. The second kappa shape index (κ2) is 11.6. The first-order valence-electron chi connectivity index (χ1n) is 13.4. The molecule has 1 aliphatic rings. The summed E-state index contributed by atoms with van der Waals surface area (Å²) >= 11 is 0. The summed E-state index contributed by atoms with van der Waals surface area (Å²) in [4.78, 5) is 31.0. The molecule has 1 amide bonds. The maximum Gasteiger partial charge on any atom is 0.228 e. The fourth-order valence-corrected chi connectivity index (χ4v) is 5.00. The van der Waals surface area contributed by atoms with Gasteiger partial charge in [-0.3, -0.25) is 19.7 Å². The predicted molar refractivity (Wildman–Crippen MR) is 155 cm³/mol. The summed E-state index contributed by atoms with van der Waals surface area (Å²) in [7, 11) is 0. The highest BCUT2D eigenvalue weighted by Crippen LogP contribution is 2.26. The van der Waals surface area contributed by atoms with Crippen molar-refractivity contribution in [2.75, 3.05) is 36.4 Å². The van der Waals surface area contributed by atoms with Gasteiger partial charge in [0.2, 0.25) is 5.91 Å². The maximum absolute atomic E-state index is 13.4. The summed E-state index contributed by atoms with van der Waals surface area (Å²) < 4.78 is 13.4. The normalized spacial score (nSPS) is 13.9. The molecule has 0 spiro atoms. The topological polar surface area (TPSA) is 74.2 Å². The number of hydrogen-bond donors (Lipinski definition) is 1. The van der Waals surface area contributed by atoms with Crippen molar-refractivity contribution >= 4 is 28.4 Å². The van der Waals surface area contributed by atoms with Crippen molar-refractivity contribution in [2.45, 2.75) is 13.0 Å². The fraction of sp³-hybridized carbons (Fsp3) is 0.188. The Labute approximate surface area is 232 Å². The second-order valence-electron chi connectivity index (χ2n) is 9.99. The van der Waals surface area contributed by atoms with Crippen LogP contribution in [-0.4, -0.2) is 51.9 Å². The zero-order valence-electron chi connectivity index (χ0n) is 22.0. The Bertz CT molecular complexity index is 1620. The van der Waals surface area contributed by atoms with Crippen LogP contribution in [0.4, 0.5) is 15.9 Å². The van der Waals surface area contributed by atoms with Crippen LogP contribution in [0.1, 0.15) is 11.1 Å². The molecule has 5 aromatic rings. The number of halogens is 1. The number of nitrogens with zero attached hydrogens (tertiary/aromatic N) is 5. The number of carbonyl (C=O) groups is 1. The van der Waals surface area contributed by atoms with E-state index >= 15 is 0 Å². The molecule has 0 radical (unpaired) electrons. The predicted octanol–water partition coefficient (Wildman–Crippen LogP) is 5.33. The third kappa shape index (κ3) is 6.13. The minimum atomic E-state index is -0.346. The van der Waals surface area contributed by atoms with Gasteiger partial charge in [0.1, 0.15) is 11.6 Å². The van der Waals surface area contributed by atoms with Crippen molar-refractivity contribution < 1.29 is 9.18 Å². The zero-order valence-corrected chi connectivity index (χ0v) is 22.0. The van der Waals surface area contributed by atoms with E-state index in [0.717, 1.165) is 60.7 Å². The molecule has 0 bridgehead atoms.